The van der Waals surface area contributed by atoms with Gasteiger partial charge in [0, 0.05) is 5.92 Å². The van der Waals surface area contributed by atoms with Crippen LogP contribution < -0.4 is 5.32 Å². The molecule has 1 heterocycles. The monoisotopic (exact) mass is 231 g/mol. The molecule has 17 heavy (non-hydrogen) atoms. The third-order valence-electron chi connectivity index (χ3n) is 3.41. The lowest BCUT2D eigenvalue weighted by atomic mass is 9.91. The number of hydrogen-bond donors (Lipinski definition) is 1. The Morgan fingerprint density at radius 2 is 2.00 bits per heavy atom. The van der Waals surface area contributed by atoms with Crippen LogP contribution in [0.5, 0.6) is 0 Å². The van der Waals surface area contributed by atoms with Gasteiger partial charge >= 0.3 is 0 Å². The number of ether oxygens (including phenoxy) is 1. The molecule has 0 aromatic heterocycles. The van der Waals surface area contributed by atoms with Gasteiger partial charge in [-0.05, 0) is 31.5 Å². The van der Waals surface area contributed by atoms with Gasteiger partial charge in [-0.2, -0.15) is 0 Å². The fourth-order valence-corrected chi connectivity index (χ4v) is 2.38. The van der Waals surface area contributed by atoms with Crippen LogP contribution in [-0.2, 0) is 4.74 Å². The van der Waals surface area contributed by atoms with E-state index in [1.54, 1.807) is 0 Å². The molecule has 1 N–H and O–H groups in total. The van der Waals surface area contributed by atoms with Crippen molar-refractivity contribution in [3.05, 3.63) is 47.7 Å². The van der Waals surface area contributed by atoms with Crippen molar-refractivity contribution in [3.8, 4) is 0 Å². The van der Waals surface area contributed by atoms with Gasteiger partial charge < -0.3 is 10.1 Å². The first-order chi connectivity index (χ1) is 8.33. The van der Waals surface area contributed by atoms with Crippen LogP contribution in [0.15, 0.2) is 42.2 Å². The van der Waals surface area contributed by atoms with Crippen LogP contribution in [0.25, 0.3) is 0 Å². The molecular formula is C15H21NO. The summed E-state index contributed by atoms with van der Waals surface area (Å²) in [7, 11) is 2.00. The summed E-state index contributed by atoms with van der Waals surface area (Å²) in [5.41, 5.74) is 1.35. The second-order valence-corrected chi connectivity index (χ2v) is 4.56. The van der Waals surface area contributed by atoms with Gasteiger partial charge in [-0.15, -0.1) is 0 Å². The first-order valence-corrected chi connectivity index (χ1v) is 6.38. The second kappa shape index (κ2) is 5.87. The van der Waals surface area contributed by atoms with Crippen molar-refractivity contribution < 1.29 is 4.74 Å². The van der Waals surface area contributed by atoms with E-state index in [1.807, 2.05) is 7.05 Å². The molecule has 2 nitrogen and oxygen atoms in total. The van der Waals surface area contributed by atoms with Crippen LogP contribution in [0.2, 0.25) is 0 Å². The number of nitrogens with one attached hydrogen (secondary N) is 1. The number of hydrogen-bond acceptors (Lipinski definition) is 2. The molecule has 2 unspecified atom stereocenters. The predicted octanol–water partition coefficient (Wildman–Crippen LogP) is 3.07. The molecule has 0 saturated carbocycles. The molecular weight excluding hydrogens is 210 g/mol. The van der Waals surface area contributed by atoms with Gasteiger partial charge in [-0.25, -0.2) is 0 Å². The molecule has 0 fully saturated rings. The lowest BCUT2D eigenvalue weighted by Crippen LogP contribution is -2.34. The molecule has 2 rings (SSSR count). The molecule has 2 heteroatoms. The Morgan fingerprint density at radius 3 is 2.59 bits per heavy atom. The molecule has 0 aliphatic carbocycles. The van der Waals surface area contributed by atoms with Crippen LogP contribution in [0, 0.1) is 0 Å². The number of likely N-dealkylation sites (N-methyl/N-ethyl adjacent to an activating group) is 1. The predicted molar refractivity (Wildman–Crippen MR) is 71.0 cm³/mol. The summed E-state index contributed by atoms with van der Waals surface area (Å²) in [6.07, 6.45) is 4.50. The summed E-state index contributed by atoms with van der Waals surface area (Å²) in [5.74, 6) is 1.53. The lowest BCUT2D eigenvalue weighted by molar-refractivity contribution is 0.164. The van der Waals surface area contributed by atoms with E-state index in [-0.39, 0.29) is 6.04 Å². The highest BCUT2D eigenvalue weighted by Gasteiger charge is 2.23. The van der Waals surface area contributed by atoms with Crippen molar-refractivity contribution in [1.82, 2.24) is 5.32 Å². The molecule has 0 spiro atoms. The van der Waals surface area contributed by atoms with Gasteiger partial charge in [0.2, 0.25) is 0 Å². The van der Waals surface area contributed by atoms with Crippen LogP contribution >= 0.6 is 0 Å². The van der Waals surface area contributed by atoms with E-state index < -0.39 is 0 Å². The number of rotatable bonds is 4. The third-order valence-corrected chi connectivity index (χ3v) is 3.41. The molecule has 1 aliphatic heterocycles. The molecule has 0 bridgehead atoms. The van der Waals surface area contributed by atoms with E-state index in [4.69, 9.17) is 4.74 Å². The fraction of sp³-hybridized carbons (Fsp3) is 0.467. The summed E-state index contributed by atoms with van der Waals surface area (Å²) in [5, 5.41) is 3.38. The Balaban J connectivity index is 2.15. The molecule has 2 atom stereocenters. The fourth-order valence-electron chi connectivity index (χ4n) is 2.38. The third kappa shape index (κ3) is 2.89. The smallest absolute Gasteiger partial charge is 0.109 e. The minimum absolute atomic E-state index is 0.276. The van der Waals surface area contributed by atoms with Gasteiger partial charge in [0.1, 0.15) is 5.76 Å². The average molecular weight is 231 g/mol. The Kier molecular flexibility index (Phi) is 4.21. The first kappa shape index (κ1) is 12.2. The first-order valence-electron chi connectivity index (χ1n) is 6.38. The Hall–Kier alpha value is -1.28. The van der Waals surface area contributed by atoms with Gasteiger partial charge in [-0.3, -0.25) is 0 Å². The van der Waals surface area contributed by atoms with Crippen LogP contribution in [0.1, 0.15) is 31.2 Å². The summed E-state index contributed by atoms with van der Waals surface area (Å²) in [4.78, 5) is 0. The number of allylic oxidation sites excluding steroid dienone is 1. The zero-order valence-electron chi connectivity index (χ0n) is 10.6. The van der Waals surface area contributed by atoms with Crippen LogP contribution in [0.3, 0.4) is 0 Å². The van der Waals surface area contributed by atoms with E-state index in [0.717, 1.165) is 25.2 Å². The Bertz CT molecular complexity index is 372. The van der Waals surface area contributed by atoms with Gasteiger partial charge in [0.05, 0.1) is 12.6 Å². The van der Waals surface area contributed by atoms with E-state index >= 15 is 0 Å². The van der Waals surface area contributed by atoms with E-state index in [1.165, 1.54) is 5.56 Å². The van der Waals surface area contributed by atoms with Crippen molar-refractivity contribution in [2.75, 3.05) is 13.7 Å². The van der Waals surface area contributed by atoms with Gasteiger partial charge in [0.25, 0.3) is 0 Å². The zero-order chi connectivity index (χ0) is 12.1. The highest BCUT2D eigenvalue weighted by molar-refractivity contribution is 5.24. The normalized spacial score (nSPS) is 19.1. The van der Waals surface area contributed by atoms with Crippen LogP contribution in [0.4, 0.5) is 0 Å². The Labute approximate surface area is 104 Å². The zero-order valence-corrected chi connectivity index (χ0v) is 10.6. The molecule has 1 aliphatic rings. The maximum absolute atomic E-state index is 5.77. The van der Waals surface area contributed by atoms with Crippen molar-refractivity contribution in [1.29, 1.82) is 0 Å². The minimum atomic E-state index is 0.276. The van der Waals surface area contributed by atoms with Gasteiger partial charge in [-0.1, -0.05) is 37.3 Å². The maximum Gasteiger partial charge on any atom is 0.109 e. The maximum atomic E-state index is 5.77. The van der Waals surface area contributed by atoms with E-state index in [0.29, 0.717) is 5.92 Å². The van der Waals surface area contributed by atoms with Gasteiger partial charge in [0.15, 0.2) is 0 Å². The summed E-state index contributed by atoms with van der Waals surface area (Å²) >= 11 is 0. The highest BCUT2D eigenvalue weighted by Crippen LogP contribution is 2.26. The minimum Gasteiger partial charge on any atom is -0.497 e. The molecule has 1 aromatic rings. The standard InChI is InChI=1S/C15H21NO/c1-12(13-8-4-3-5-9-13)15(16-2)14-10-6-7-11-17-14/h3-5,8-10,12,15-16H,6-7,11H2,1-2H3. The summed E-state index contributed by atoms with van der Waals surface area (Å²) in [6, 6.07) is 10.9. The van der Waals surface area contributed by atoms with E-state index in [9.17, 15) is 0 Å². The van der Waals surface area contributed by atoms with Crippen molar-refractivity contribution >= 4 is 0 Å². The molecule has 0 saturated heterocycles. The van der Waals surface area contributed by atoms with Crippen LogP contribution in [-0.4, -0.2) is 19.7 Å². The molecule has 1 aromatic carbocycles. The highest BCUT2D eigenvalue weighted by atomic mass is 16.5. The molecule has 0 amide bonds. The molecule has 92 valence electrons. The Morgan fingerprint density at radius 1 is 1.24 bits per heavy atom. The SMILES string of the molecule is CNC(C1=CCCCO1)C(C)c1ccccc1. The second-order valence-electron chi connectivity index (χ2n) is 4.56. The number of benzene rings is 1. The molecule has 0 radical (unpaired) electrons. The van der Waals surface area contributed by atoms with Crippen molar-refractivity contribution in [3.63, 3.8) is 0 Å². The van der Waals surface area contributed by atoms with Crippen molar-refractivity contribution in [2.24, 2.45) is 0 Å². The largest absolute Gasteiger partial charge is 0.497 e. The summed E-state index contributed by atoms with van der Waals surface area (Å²) < 4.78 is 5.77. The topological polar surface area (TPSA) is 21.3 Å². The lowest BCUT2D eigenvalue weighted by Gasteiger charge is -2.28. The summed E-state index contributed by atoms with van der Waals surface area (Å²) in [6.45, 7) is 3.10. The van der Waals surface area contributed by atoms with Crippen molar-refractivity contribution in [2.45, 2.75) is 31.7 Å². The average Bonchev–Trinajstić information content (AvgIpc) is 2.42. The quantitative estimate of drug-likeness (QED) is 0.860. The van der Waals surface area contributed by atoms with E-state index in [2.05, 4.69) is 48.6 Å².